The first-order valence-corrected chi connectivity index (χ1v) is 29.9. The van der Waals surface area contributed by atoms with Crippen molar-refractivity contribution in [1.82, 2.24) is 5.32 Å². The van der Waals surface area contributed by atoms with Gasteiger partial charge in [0.25, 0.3) is 0 Å². The fourth-order valence-electron chi connectivity index (χ4n) is 9.87. The van der Waals surface area contributed by atoms with Crippen LogP contribution in [0.25, 0.3) is 0 Å². The van der Waals surface area contributed by atoms with Crippen LogP contribution in [-0.2, 0) is 14.3 Å². The summed E-state index contributed by atoms with van der Waals surface area (Å²) in [6.45, 7) is 3.82. The van der Waals surface area contributed by atoms with Gasteiger partial charge in [-0.05, 0) is 19.3 Å². The predicted octanol–water partition coefficient (Wildman–Crippen LogP) is 14.8. The summed E-state index contributed by atoms with van der Waals surface area (Å²) in [4.78, 5) is 13.1. The lowest BCUT2D eigenvalue weighted by atomic mass is 9.99. The quantitative estimate of drug-likeness (QED) is 0.0261. The first-order chi connectivity index (χ1) is 33.3. The number of unbranched alkanes of at least 4 members (excludes halogenated alkanes) is 42. The Morgan fingerprint density at radius 3 is 1.15 bits per heavy atom. The van der Waals surface area contributed by atoms with Crippen molar-refractivity contribution < 1.29 is 39.8 Å². The summed E-state index contributed by atoms with van der Waals surface area (Å²) in [5.41, 5.74) is 0. The van der Waals surface area contributed by atoms with Gasteiger partial charge in [0.05, 0.1) is 25.4 Å². The van der Waals surface area contributed by atoms with Gasteiger partial charge in [-0.1, -0.05) is 289 Å². The van der Waals surface area contributed by atoms with E-state index in [-0.39, 0.29) is 12.5 Å². The average molecular weight is 967 g/mol. The second-order valence-electron chi connectivity index (χ2n) is 21.2. The minimum absolute atomic E-state index is 0.170. The van der Waals surface area contributed by atoms with Gasteiger partial charge in [-0.25, -0.2) is 0 Å². The smallest absolute Gasteiger partial charge is 0.220 e. The van der Waals surface area contributed by atoms with Crippen molar-refractivity contribution >= 4 is 5.91 Å². The molecule has 6 N–H and O–H groups in total. The molecule has 0 aromatic carbocycles. The molecule has 0 spiro atoms. The van der Waals surface area contributed by atoms with Crippen LogP contribution in [-0.4, -0.2) is 87.5 Å². The average Bonchev–Trinajstić information content (AvgIpc) is 3.34. The molecule has 1 fully saturated rings. The third kappa shape index (κ3) is 38.6. The van der Waals surface area contributed by atoms with Crippen LogP contribution >= 0.6 is 0 Å². The summed E-state index contributed by atoms with van der Waals surface area (Å²) in [6.07, 6.45) is 54.3. The highest BCUT2D eigenvalue weighted by Crippen LogP contribution is 2.23. The van der Waals surface area contributed by atoms with Gasteiger partial charge < -0.3 is 40.3 Å². The van der Waals surface area contributed by atoms with Gasteiger partial charge in [0.15, 0.2) is 6.29 Å². The first-order valence-electron chi connectivity index (χ1n) is 29.9. The number of aliphatic hydroxyl groups excluding tert-OH is 5. The topological polar surface area (TPSA) is 149 Å². The maximum absolute atomic E-state index is 13.1. The summed E-state index contributed by atoms with van der Waals surface area (Å²) in [5, 5.41) is 54.5. The lowest BCUT2D eigenvalue weighted by Crippen LogP contribution is -2.60. The lowest BCUT2D eigenvalue weighted by Gasteiger charge is -2.40. The van der Waals surface area contributed by atoms with Crippen molar-refractivity contribution in [2.75, 3.05) is 13.2 Å². The molecule has 0 bridgehead atoms. The van der Waals surface area contributed by atoms with E-state index in [1.807, 2.05) is 6.08 Å². The number of hydrogen-bond donors (Lipinski definition) is 6. The molecule has 1 saturated heterocycles. The zero-order valence-electron chi connectivity index (χ0n) is 44.9. The van der Waals surface area contributed by atoms with Crippen molar-refractivity contribution in [2.24, 2.45) is 0 Å². The molecule has 7 atom stereocenters. The van der Waals surface area contributed by atoms with E-state index in [1.165, 1.54) is 244 Å². The summed E-state index contributed by atoms with van der Waals surface area (Å²) in [5.74, 6) is -0.170. The van der Waals surface area contributed by atoms with Gasteiger partial charge >= 0.3 is 0 Å². The fourth-order valence-corrected chi connectivity index (χ4v) is 9.87. The SMILES string of the molecule is CCCCCCCCCCCCCCCC/C=C/[C@@H](O)[C@H](CO[C@@H]1O[C@H](CO)[C@@H](O)C(O)C1O)NC(=O)CCCCCCCCCCCCCCCCCCCCCCCCCCCCCCC. The Hall–Kier alpha value is -1.07. The molecule has 1 aliphatic rings. The number of rotatable bonds is 52. The molecule has 2 unspecified atom stereocenters. The minimum Gasteiger partial charge on any atom is -0.394 e. The van der Waals surface area contributed by atoms with Crippen LogP contribution in [0.15, 0.2) is 12.2 Å². The van der Waals surface area contributed by atoms with Gasteiger partial charge in [-0.3, -0.25) is 4.79 Å². The van der Waals surface area contributed by atoms with Crippen LogP contribution in [0.4, 0.5) is 0 Å². The minimum atomic E-state index is -1.56. The first kappa shape index (κ1) is 64.9. The molecular weight excluding hydrogens is 851 g/mol. The normalized spacial score (nSPS) is 19.5. The van der Waals surface area contributed by atoms with Crippen LogP contribution < -0.4 is 5.32 Å². The van der Waals surface area contributed by atoms with Crippen molar-refractivity contribution in [3.05, 3.63) is 12.2 Å². The number of ether oxygens (including phenoxy) is 2. The van der Waals surface area contributed by atoms with Gasteiger partial charge in [0, 0.05) is 6.42 Å². The fraction of sp³-hybridized carbons (Fsp3) is 0.949. The third-order valence-corrected chi connectivity index (χ3v) is 14.6. The van der Waals surface area contributed by atoms with Gasteiger partial charge in [0.1, 0.15) is 24.4 Å². The van der Waals surface area contributed by atoms with E-state index in [0.717, 1.165) is 38.5 Å². The van der Waals surface area contributed by atoms with E-state index in [2.05, 4.69) is 19.2 Å². The molecule has 0 aliphatic carbocycles. The highest BCUT2D eigenvalue weighted by molar-refractivity contribution is 5.76. The maximum atomic E-state index is 13.1. The Balaban J connectivity index is 2.14. The second kappa shape index (κ2) is 49.5. The molecule has 9 nitrogen and oxygen atoms in total. The summed E-state index contributed by atoms with van der Waals surface area (Å²) < 4.78 is 11.3. The summed E-state index contributed by atoms with van der Waals surface area (Å²) >= 11 is 0. The Morgan fingerprint density at radius 1 is 0.485 bits per heavy atom. The molecule has 9 heteroatoms. The Bertz CT molecular complexity index is 1080. The van der Waals surface area contributed by atoms with Crippen molar-refractivity contribution in [2.45, 2.75) is 346 Å². The number of hydrogen-bond acceptors (Lipinski definition) is 8. The van der Waals surface area contributed by atoms with Gasteiger partial charge in [0.2, 0.25) is 5.91 Å². The zero-order chi connectivity index (χ0) is 49.4. The highest BCUT2D eigenvalue weighted by atomic mass is 16.7. The van der Waals surface area contributed by atoms with Gasteiger partial charge in [-0.2, -0.15) is 0 Å². The van der Waals surface area contributed by atoms with Crippen molar-refractivity contribution in [3.8, 4) is 0 Å². The van der Waals surface area contributed by atoms with Crippen LogP contribution in [0.5, 0.6) is 0 Å². The molecule has 0 saturated carbocycles. The molecule has 0 aromatic rings. The van der Waals surface area contributed by atoms with E-state index in [4.69, 9.17) is 9.47 Å². The number of nitrogens with one attached hydrogen (secondary N) is 1. The summed E-state index contributed by atoms with van der Waals surface area (Å²) in [7, 11) is 0. The number of amides is 1. The number of carbonyl (C=O) groups excluding carboxylic acids is 1. The molecule has 68 heavy (non-hydrogen) atoms. The number of carbonyl (C=O) groups is 1. The second-order valence-corrected chi connectivity index (χ2v) is 21.2. The standard InChI is InChI=1S/C59H115NO8/c1-3-5-7-9-11-13-15-17-19-21-22-23-24-25-26-27-28-29-30-31-32-33-35-37-39-41-43-45-47-49-55(63)60-52(51-67-59-58(66)57(65)56(64)54(50-61)68-59)53(62)48-46-44-42-40-38-36-34-20-18-16-14-12-10-8-6-4-2/h46,48,52-54,56-59,61-62,64-66H,3-45,47,49-51H2,1-2H3,(H,60,63)/b48-46+/t52-,53+,54+,56+,57?,58?,59+/m0/s1. The van der Waals surface area contributed by atoms with Crippen molar-refractivity contribution in [3.63, 3.8) is 0 Å². The predicted molar refractivity (Wildman–Crippen MR) is 286 cm³/mol. The Labute approximate surface area is 420 Å². The number of aliphatic hydroxyl groups is 5. The van der Waals surface area contributed by atoms with E-state index in [1.54, 1.807) is 6.08 Å². The van der Waals surface area contributed by atoms with E-state index in [9.17, 15) is 30.3 Å². The van der Waals surface area contributed by atoms with Crippen LogP contribution in [0.1, 0.15) is 303 Å². The molecule has 1 aliphatic heterocycles. The van der Waals surface area contributed by atoms with E-state index in [0.29, 0.717) is 6.42 Å². The largest absolute Gasteiger partial charge is 0.394 e. The highest BCUT2D eigenvalue weighted by Gasteiger charge is 2.44. The Kier molecular flexibility index (Phi) is 47.3. The maximum Gasteiger partial charge on any atom is 0.220 e. The monoisotopic (exact) mass is 966 g/mol. The Morgan fingerprint density at radius 2 is 0.809 bits per heavy atom. The van der Waals surface area contributed by atoms with E-state index >= 15 is 0 Å². The molecule has 1 heterocycles. The molecule has 404 valence electrons. The molecule has 0 aromatic heterocycles. The van der Waals surface area contributed by atoms with Crippen molar-refractivity contribution in [1.29, 1.82) is 0 Å². The molecule has 1 rings (SSSR count). The molecule has 1 amide bonds. The number of allylic oxidation sites excluding steroid dienone is 1. The summed E-state index contributed by atoms with van der Waals surface area (Å²) in [6, 6.07) is -0.800. The molecular formula is C59H115NO8. The van der Waals surface area contributed by atoms with Crippen LogP contribution in [0.3, 0.4) is 0 Å². The zero-order valence-corrected chi connectivity index (χ0v) is 44.9. The van der Waals surface area contributed by atoms with E-state index < -0.39 is 49.5 Å². The molecule has 0 radical (unpaired) electrons. The van der Waals surface area contributed by atoms with Crippen LogP contribution in [0, 0.1) is 0 Å². The van der Waals surface area contributed by atoms with Crippen LogP contribution in [0.2, 0.25) is 0 Å². The third-order valence-electron chi connectivity index (χ3n) is 14.6. The van der Waals surface area contributed by atoms with Gasteiger partial charge in [-0.15, -0.1) is 0 Å². The lowest BCUT2D eigenvalue weighted by molar-refractivity contribution is -0.302.